The minimum Gasteiger partial charge on any atom is -0.392 e. The molecule has 1 aliphatic rings. The molecule has 1 N–H and O–H groups in total. The molecular formula is C14H18ClNO2. The van der Waals surface area contributed by atoms with Gasteiger partial charge in [-0.2, -0.15) is 0 Å². The topological polar surface area (TPSA) is 40.5 Å². The molecule has 0 aliphatic carbocycles. The van der Waals surface area contributed by atoms with E-state index in [0.29, 0.717) is 30.1 Å². The van der Waals surface area contributed by atoms with Gasteiger partial charge in [-0.05, 0) is 31.5 Å². The summed E-state index contributed by atoms with van der Waals surface area (Å²) in [6.45, 7) is 2.37. The van der Waals surface area contributed by atoms with Gasteiger partial charge in [-0.15, -0.1) is 0 Å². The van der Waals surface area contributed by atoms with Crippen LogP contribution in [0.3, 0.4) is 0 Å². The monoisotopic (exact) mass is 267 g/mol. The molecule has 1 aromatic carbocycles. The maximum Gasteiger partial charge on any atom is 0.164 e. The fourth-order valence-electron chi connectivity index (χ4n) is 2.30. The number of halogens is 1. The lowest BCUT2D eigenvalue weighted by Crippen LogP contribution is -2.39. The van der Waals surface area contributed by atoms with Crippen molar-refractivity contribution in [2.75, 3.05) is 19.6 Å². The summed E-state index contributed by atoms with van der Waals surface area (Å²) in [5, 5.41) is 10.1. The Labute approximate surface area is 112 Å². The second-order valence-corrected chi connectivity index (χ2v) is 5.22. The zero-order valence-corrected chi connectivity index (χ0v) is 11.1. The summed E-state index contributed by atoms with van der Waals surface area (Å²) in [5.74, 6) is 0.109. The van der Waals surface area contributed by atoms with Crippen molar-refractivity contribution in [3.63, 3.8) is 0 Å². The maximum absolute atomic E-state index is 12.0. The Kier molecular flexibility index (Phi) is 4.75. The van der Waals surface area contributed by atoms with Crippen LogP contribution in [0.15, 0.2) is 24.3 Å². The van der Waals surface area contributed by atoms with Gasteiger partial charge in [0.2, 0.25) is 0 Å². The Bertz CT molecular complexity index is 422. The van der Waals surface area contributed by atoms with Crippen LogP contribution in [-0.4, -0.2) is 41.5 Å². The minimum absolute atomic E-state index is 0.109. The van der Waals surface area contributed by atoms with E-state index in [1.54, 1.807) is 24.3 Å². The number of benzene rings is 1. The van der Waals surface area contributed by atoms with Crippen molar-refractivity contribution < 1.29 is 9.90 Å². The van der Waals surface area contributed by atoms with Crippen LogP contribution in [0, 0.1) is 0 Å². The molecule has 1 aromatic rings. The number of piperidine rings is 1. The molecule has 98 valence electrons. The molecular weight excluding hydrogens is 250 g/mol. The Morgan fingerprint density at radius 2 is 2.33 bits per heavy atom. The molecule has 0 saturated carbocycles. The molecule has 0 spiro atoms. The van der Waals surface area contributed by atoms with Crippen LogP contribution >= 0.6 is 11.6 Å². The third kappa shape index (κ3) is 3.80. The number of carbonyl (C=O) groups is 1. The van der Waals surface area contributed by atoms with Gasteiger partial charge in [0.15, 0.2) is 5.78 Å². The first-order valence-corrected chi connectivity index (χ1v) is 6.72. The summed E-state index contributed by atoms with van der Waals surface area (Å²) >= 11 is 5.86. The normalized spacial score (nSPS) is 20.9. The van der Waals surface area contributed by atoms with E-state index in [1.165, 1.54) is 0 Å². The lowest BCUT2D eigenvalue weighted by Gasteiger charge is -2.29. The lowest BCUT2D eigenvalue weighted by atomic mass is 10.1. The van der Waals surface area contributed by atoms with Crippen molar-refractivity contribution in [2.24, 2.45) is 0 Å². The fourth-order valence-corrected chi connectivity index (χ4v) is 2.49. The van der Waals surface area contributed by atoms with Gasteiger partial charge in [-0.1, -0.05) is 23.7 Å². The van der Waals surface area contributed by atoms with Gasteiger partial charge in [-0.25, -0.2) is 0 Å². The fraction of sp³-hybridized carbons (Fsp3) is 0.500. The van der Waals surface area contributed by atoms with Crippen molar-refractivity contribution in [2.45, 2.75) is 25.4 Å². The number of hydrogen-bond acceptors (Lipinski definition) is 3. The van der Waals surface area contributed by atoms with E-state index in [9.17, 15) is 9.90 Å². The van der Waals surface area contributed by atoms with Crippen LogP contribution < -0.4 is 0 Å². The average Bonchev–Trinajstić information content (AvgIpc) is 2.36. The van der Waals surface area contributed by atoms with Crippen LogP contribution in [-0.2, 0) is 0 Å². The number of nitrogens with zero attached hydrogens (tertiary/aromatic N) is 1. The molecule has 0 bridgehead atoms. The third-order valence-electron chi connectivity index (χ3n) is 3.28. The highest BCUT2D eigenvalue weighted by Crippen LogP contribution is 2.14. The standard InChI is InChI=1S/C14H18ClNO2/c15-12-4-1-3-11(9-12)14(18)6-8-16-7-2-5-13(17)10-16/h1,3-4,9,13,17H,2,5-8,10H2. The summed E-state index contributed by atoms with van der Waals surface area (Å²) in [4.78, 5) is 14.1. The average molecular weight is 268 g/mol. The SMILES string of the molecule is O=C(CCN1CCCC(O)C1)c1cccc(Cl)c1. The van der Waals surface area contributed by atoms with E-state index in [2.05, 4.69) is 4.90 Å². The summed E-state index contributed by atoms with van der Waals surface area (Å²) in [6.07, 6.45) is 2.12. The molecule has 1 heterocycles. The predicted octanol–water partition coefficient (Wildman–Crippen LogP) is 2.37. The molecule has 1 unspecified atom stereocenters. The highest BCUT2D eigenvalue weighted by atomic mass is 35.5. The number of rotatable bonds is 4. The Morgan fingerprint density at radius 3 is 3.06 bits per heavy atom. The zero-order chi connectivity index (χ0) is 13.0. The molecule has 1 aliphatic heterocycles. The van der Waals surface area contributed by atoms with Gasteiger partial charge in [0.05, 0.1) is 6.10 Å². The smallest absolute Gasteiger partial charge is 0.164 e. The highest BCUT2D eigenvalue weighted by Gasteiger charge is 2.18. The van der Waals surface area contributed by atoms with E-state index >= 15 is 0 Å². The van der Waals surface area contributed by atoms with E-state index in [-0.39, 0.29) is 11.9 Å². The highest BCUT2D eigenvalue weighted by molar-refractivity contribution is 6.31. The van der Waals surface area contributed by atoms with Crippen LogP contribution in [0.1, 0.15) is 29.6 Å². The molecule has 1 atom stereocenters. The van der Waals surface area contributed by atoms with Crippen LogP contribution in [0.5, 0.6) is 0 Å². The van der Waals surface area contributed by atoms with Gasteiger partial charge < -0.3 is 10.0 Å². The van der Waals surface area contributed by atoms with Gasteiger partial charge in [0.25, 0.3) is 0 Å². The quantitative estimate of drug-likeness (QED) is 0.852. The number of likely N-dealkylation sites (tertiary alicyclic amines) is 1. The van der Waals surface area contributed by atoms with Crippen molar-refractivity contribution >= 4 is 17.4 Å². The number of Topliss-reactive ketones (excluding diaryl/α,β-unsaturated/α-hetero) is 1. The summed E-state index contributed by atoms with van der Waals surface area (Å²) < 4.78 is 0. The third-order valence-corrected chi connectivity index (χ3v) is 3.52. The minimum atomic E-state index is -0.236. The molecule has 2 rings (SSSR count). The van der Waals surface area contributed by atoms with Gasteiger partial charge in [0, 0.05) is 30.1 Å². The summed E-state index contributed by atoms with van der Waals surface area (Å²) in [6, 6.07) is 7.05. The molecule has 3 nitrogen and oxygen atoms in total. The molecule has 4 heteroatoms. The van der Waals surface area contributed by atoms with Crippen molar-refractivity contribution in [3.8, 4) is 0 Å². The number of β-amino-alcohol motifs (C(OH)–C–C–N with tert-alkyl or cyclic N) is 1. The Balaban J connectivity index is 1.84. The van der Waals surface area contributed by atoms with Crippen LogP contribution in [0.2, 0.25) is 5.02 Å². The summed E-state index contributed by atoms with van der Waals surface area (Å²) in [5.41, 5.74) is 0.667. The van der Waals surface area contributed by atoms with E-state index in [4.69, 9.17) is 11.6 Å². The Morgan fingerprint density at radius 1 is 1.50 bits per heavy atom. The predicted molar refractivity (Wildman–Crippen MR) is 72.1 cm³/mol. The Hall–Kier alpha value is -0.900. The number of aliphatic hydroxyl groups excluding tert-OH is 1. The van der Waals surface area contributed by atoms with E-state index < -0.39 is 0 Å². The molecule has 1 fully saturated rings. The van der Waals surface area contributed by atoms with Gasteiger partial charge >= 0.3 is 0 Å². The molecule has 0 amide bonds. The van der Waals surface area contributed by atoms with E-state index in [0.717, 1.165) is 19.4 Å². The molecule has 0 radical (unpaired) electrons. The molecule has 0 aromatic heterocycles. The molecule has 1 saturated heterocycles. The van der Waals surface area contributed by atoms with E-state index in [1.807, 2.05) is 0 Å². The van der Waals surface area contributed by atoms with Gasteiger partial charge in [0.1, 0.15) is 0 Å². The number of ketones is 1. The molecule has 18 heavy (non-hydrogen) atoms. The maximum atomic E-state index is 12.0. The first kappa shape index (κ1) is 13.5. The first-order chi connectivity index (χ1) is 8.65. The van der Waals surface area contributed by atoms with Crippen LogP contribution in [0.4, 0.5) is 0 Å². The first-order valence-electron chi connectivity index (χ1n) is 6.34. The second-order valence-electron chi connectivity index (χ2n) is 4.78. The van der Waals surface area contributed by atoms with Crippen molar-refractivity contribution in [1.82, 2.24) is 4.90 Å². The lowest BCUT2D eigenvalue weighted by molar-refractivity contribution is 0.0670. The number of carbonyl (C=O) groups excluding carboxylic acids is 1. The van der Waals surface area contributed by atoms with Crippen molar-refractivity contribution in [3.05, 3.63) is 34.9 Å². The van der Waals surface area contributed by atoms with Crippen LogP contribution in [0.25, 0.3) is 0 Å². The largest absolute Gasteiger partial charge is 0.392 e. The number of hydrogen-bond donors (Lipinski definition) is 1. The van der Waals surface area contributed by atoms with Crippen molar-refractivity contribution in [1.29, 1.82) is 0 Å². The second kappa shape index (κ2) is 6.32. The van der Waals surface area contributed by atoms with Gasteiger partial charge in [-0.3, -0.25) is 4.79 Å². The number of aliphatic hydroxyl groups is 1. The summed E-state index contributed by atoms with van der Waals surface area (Å²) in [7, 11) is 0. The zero-order valence-electron chi connectivity index (χ0n) is 10.3.